The molecule has 2 atom stereocenters. The second-order valence-electron chi connectivity index (χ2n) is 4.82. The van der Waals surface area contributed by atoms with Crippen molar-refractivity contribution in [2.75, 3.05) is 0 Å². The molecule has 1 aliphatic rings. The Labute approximate surface area is 74.0 Å². The molecule has 1 rings (SSSR count). The molecule has 1 aliphatic carbocycles. The van der Waals surface area contributed by atoms with E-state index >= 15 is 0 Å². The van der Waals surface area contributed by atoms with Gasteiger partial charge in [-0.1, -0.05) is 20.8 Å². The van der Waals surface area contributed by atoms with Crippen molar-refractivity contribution in [3.8, 4) is 0 Å². The molecule has 70 valence electrons. The van der Waals surface area contributed by atoms with Crippen LogP contribution in [0, 0.1) is 11.3 Å². The molecule has 2 nitrogen and oxygen atoms in total. The lowest BCUT2D eigenvalue weighted by molar-refractivity contribution is -0.126. The summed E-state index contributed by atoms with van der Waals surface area (Å²) in [6.45, 7) is 6.37. The first-order valence-electron chi connectivity index (χ1n) is 4.61. The van der Waals surface area contributed by atoms with Crippen LogP contribution in [0.25, 0.3) is 0 Å². The minimum atomic E-state index is -0.411. The fraction of sp³-hybridized carbons (Fsp3) is 0.900. The van der Waals surface area contributed by atoms with E-state index in [2.05, 4.69) is 20.8 Å². The molecule has 0 spiro atoms. The zero-order valence-corrected chi connectivity index (χ0v) is 8.13. The molecule has 1 fully saturated rings. The highest BCUT2D eigenvalue weighted by Crippen LogP contribution is 2.36. The minimum Gasteiger partial charge on any atom is -0.392 e. The van der Waals surface area contributed by atoms with Crippen LogP contribution in [-0.4, -0.2) is 17.0 Å². The molecule has 0 aliphatic heterocycles. The summed E-state index contributed by atoms with van der Waals surface area (Å²) in [5.74, 6) is 0.498. The number of aliphatic hydroxyl groups excluding tert-OH is 1. The maximum Gasteiger partial charge on any atom is 0.135 e. The molecule has 0 heterocycles. The Bertz CT molecular complexity index is 179. The zero-order valence-electron chi connectivity index (χ0n) is 8.13. The number of rotatable bonds is 0. The van der Waals surface area contributed by atoms with Crippen LogP contribution in [0.2, 0.25) is 0 Å². The van der Waals surface area contributed by atoms with Crippen LogP contribution in [0.5, 0.6) is 0 Å². The van der Waals surface area contributed by atoms with E-state index < -0.39 is 6.10 Å². The van der Waals surface area contributed by atoms with Gasteiger partial charge < -0.3 is 5.11 Å². The number of ketones is 1. The lowest BCUT2D eigenvalue weighted by Gasteiger charge is -2.37. The molecule has 2 heteroatoms. The van der Waals surface area contributed by atoms with Crippen molar-refractivity contribution in [3.05, 3.63) is 0 Å². The van der Waals surface area contributed by atoms with Gasteiger partial charge in [0.25, 0.3) is 0 Å². The van der Waals surface area contributed by atoms with Gasteiger partial charge in [-0.25, -0.2) is 0 Å². The smallest absolute Gasteiger partial charge is 0.135 e. The quantitative estimate of drug-likeness (QED) is 0.601. The van der Waals surface area contributed by atoms with Crippen molar-refractivity contribution >= 4 is 5.78 Å². The van der Waals surface area contributed by atoms with Crippen molar-refractivity contribution in [1.82, 2.24) is 0 Å². The summed E-state index contributed by atoms with van der Waals surface area (Å²) >= 11 is 0. The zero-order chi connectivity index (χ0) is 9.35. The molecular formula is C10H18O2. The first-order chi connectivity index (χ1) is 5.41. The van der Waals surface area contributed by atoms with Gasteiger partial charge in [0.05, 0.1) is 6.10 Å². The van der Waals surface area contributed by atoms with Crippen LogP contribution in [0.4, 0.5) is 0 Å². The van der Waals surface area contributed by atoms with Crippen molar-refractivity contribution in [2.45, 2.75) is 46.1 Å². The molecule has 0 radical (unpaired) electrons. The van der Waals surface area contributed by atoms with E-state index in [1.807, 2.05) is 0 Å². The molecule has 0 aromatic heterocycles. The Morgan fingerprint density at radius 2 is 2.00 bits per heavy atom. The average Bonchev–Trinajstić information content (AvgIpc) is 1.83. The lowest BCUT2D eigenvalue weighted by Crippen LogP contribution is -2.37. The molecule has 1 N–H and O–H groups in total. The van der Waals surface area contributed by atoms with Gasteiger partial charge in [0.1, 0.15) is 5.78 Å². The monoisotopic (exact) mass is 170 g/mol. The van der Waals surface area contributed by atoms with Gasteiger partial charge >= 0.3 is 0 Å². The third-order valence-electron chi connectivity index (χ3n) is 2.75. The highest BCUT2D eigenvalue weighted by molar-refractivity contribution is 5.79. The minimum absolute atomic E-state index is 0.125. The number of hydrogen-bond donors (Lipinski definition) is 1. The first kappa shape index (κ1) is 9.72. The average molecular weight is 170 g/mol. The third-order valence-corrected chi connectivity index (χ3v) is 2.75. The number of Topliss-reactive ketones (excluding diaryl/α,β-unsaturated/α-hetero) is 1. The second-order valence-corrected chi connectivity index (χ2v) is 4.82. The van der Waals surface area contributed by atoms with Gasteiger partial charge in [-0.05, 0) is 17.8 Å². The molecule has 0 saturated heterocycles. The summed E-state index contributed by atoms with van der Waals surface area (Å²) in [6.07, 6.45) is 1.45. The topological polar surface area (TPSA) is 37.3 Å². The summed E-state index contributed by atoms with van der Waals surface area (Å²) in [6, 6.07) is 0. The SMILES string of the molecule is CC(C)(C)C1CCC(=O)CC1O. The lowest BCUT2D eigenvalue weighted by atomic mass is 9.70. The van der Waals surface area contributed by atoms with Gasteiger partial charge in [-0.15, -0.1) is 0 Å². The molecule has 0 aromatic rings. The summed E-state index contributed by atoms with van der Waals surface area (Å²) in [5.41, 5.74) is 0.125. The Hall–Kier alpha value is -0.370. The van der Waals surface area contributed by atoms with Crippen molar-refractivity contribution < 1.29 is 9.90 Å². The van der Waals surface area contributed by atoms with Gasteiger partial charge in [0.15, 0.2) is 0 Å². The van der Waals surface area contributed by atoms with Gasteiger partial charge in [-0.2, -0.15) is 0 Å². The van der Waals surface area contributed by atoms with Gasteiger partial charge in [0.2, 0.25) is 0 Å². The van der Waals surface area contributed by atoms with E-state index in [0.717, 1.165) is 6.42 Å². The Balaban J connectivity index is 2.62. The summed E-state index contributed by atoms with van der Waals surface area (Å²) in [7, 11) is 0. The second kappa shape index (κ2) is 3.17. The Kier molecular flexibility index (Phi) is 2.57. The maximum absolute atomic E-state index is 11.0. The summed E-state index contributed by atoms with van der Waals surface area (Å²) in [4.78, 5) is 11.0. The number of carbonyl (C=O) groups is 1. The molecular weight excluding hydrogens is 152 g/mol. The van der Waals surface area contributed by atoms with Crippen LogP contribution in [0.1, 0.15) is 40.0 Å². The predicted octanol–water partition coefficient (Wildman–Crippen LogP) is 1.76. The molecule has 0 bridgehead atoms. The highest BCUT2D eigenvalue weighted by atomic mass is 16.3. The van der Waals surface area contributed by atoms with Crippen LogP contribution in [0.15, 0.2) is 0 Å². The van der Waals surface area contributed by atoms with Crippen molar-refractivity contribution in [1.29, 1.82) is 0 Å². The standard InChI is InChI=1S/C10H18O2/c1-10(2,3)8-5-4-7(11)6-9(8)12/h8-9,12H,4-6H2,1-3H3. The number of hydrogen-bond acceptors (Lipinski definition) is 2. The van der Waals surface area contributed by atoms with E-state index in [-0.39, 0.29) is 17.1 Å². The Morgan fingerprint density at radius 1 is 1.42 bits per heavy atom. The molecule has 12 heavy (non-hydrogen) atoms. The largest absolute Gasteiger partial charge is 0.392 e. The van der Waals surface area contributed by atoms with E-state index in [9.17, 15) is 9.90 Å². The first-order valence-corrected chi connectivity index (χ1v) is 4.61. The van der Waals surface area contributed by atoms with Gasteiger partial charge in [0, 0.05) is 12.8 Å². The number of carbonyl (C=O) groups excluding carboxylic acids is 1. The highest BCUT2D eigenvalue weighted by Gasteiger charge is 2.35. The van der Waals surface area contributed by atoms with Crippen LogP contribution in [-0.2, 0) is 4.79 Å². The summed E-state index contributed by atoms with van der Waals surface area (Å²) < 4.78 is 0. The van der Waals surface area contributed by atoms with E-state index in [0.29, 0.717) is 12.8 Å². The Morgan fingerprint density at radius 3 is 2.42 bits per heavy atom. The summed E-state index contributed by atoms with van der Waals surface area (Å²) in [5, 5.41) is 9.65. The van der Waals surface area contributed by atoms with E-state index in [1.165, 1.54) is 0 Å². The third kappa shape index (κ3) is 2.07. The van der Waals surface area contributed by atoms with Gasteiger partial charge in [-0.3, -0.25) is 4.79 Å². The van der Waals surface area contributed by atoms with E-state index in [4.69, 9.17) is 0 Å². The molecule has 2 unspecified atom stereocenters. The number of aliphatic hydroxyl groups is 1. The normalized spacial score (nSPS) is 32.2. The molecule has 1 saturated carbocycles. The fourth-order valence-corrected chi connectivity index (χ4v) is 2.00. The van der Waals surface area contributed by atoms with Crippen molar-refractivity contribution in [3.63, 3.8) is 0 Å². The van der Waals surface area contributed by atoms with Crippen molar-refractivity contribution in [2.24, 2.45) is 11.3 Å². The van der Waals surface area contributed by atoms with Crippen LogP contribution >= 0.6 is 0 Å². The molecule has 0 aromatic carbocycles. The maximum atomic E-state index is 11.0. The molecule has 0 amide bonds. The van der Waals surface area contributed by atoms with E-state index in [1.54, 1.807) is 0 Å². The fourth-order valence-electron chi connectivity index (χ4n) is 2.00. The van der Waals surface area contributed by atoms with Crippen LogP contribution < -0.4 is 0 Å². The van der Waals surface area contributed by atoms with Crippen LogP contribution in [0.3, 0.4) is 0 Å². The predicted molar refractivity (Wildman–Crippen MR) is 47.8 cm³/mol.